The van der Waals surface area contributed by atoms with Crippen LogP contribution in [0.4, 0.5) is 17.1 Å². The molecule has 7 nitrogen and oxygen atoms in total. The average molecular weight is 396 g/mol. The van der Waals surface area contributed by atoms with Gasteiger partial charge in [-0.15, -0.1) is 11.8 Å². The Morgan fingerprint density at radius 3 is 2.85 bits per heavy atom. The number of pyridine rings is 1. The summed E-state index contributed by atoms with van der Waals surface area (Å²) in [5, 5.41) is 4.11. The Labute approximate surface area is 161 Å². The van der Waals surface area contributed by atoms with Crippen LogP contribution in [-0.2, 0) is 16.1 Å². The molecule has 0 aliphatic carbocycles. The third-order valence-corrected chi connectivity index (χ3v) is 6.07. The molecule has 1 atom stereocenters. The number of methoxy groups -OCH3 is 1. The van der Waals surface area contributed by atoms with E-state index in [0.717, 1.165) is 28.1 Å². The van der Waals surface area contributed by atoms with Crippen molar-refractivity contribution in [3.8, 4) is 0 Å². The van der Waals surface area contributed by atoms with Gasteiger partial charge in [0.1, 0.15) is 5.37 Å². The number of hydrogen-bond donors (Lipinski definition) is 3. The number of carbonyl (C=O) groups excluding carboxylic acids is 1. The highest BCUT2D eigenvalue weighted by atomic mass is 35.5. The van der Waals surface area contributed by atoms with Crippen molar-refractivity contribution in [3.05, 3.63) is 22.3 Å². The molecule has 1 aromatic carbocycles. The summed E-state index contributed by atoms with van der Waals surface area (Å²) < 4.78 is 5.25. The van der Waals surface area contributed by atoms with Crippen molar-refractivity contribution in [3.63, 3.8) is 0 Å². The van der Waals surface area contributed by atoms with E-state index >= 15 is 0 Å². The maximum Gasteiger partial charge on any atom is 0.216 e. The van der Waals surface area contributed by atoms with Gasteiger partial charge in [0.2, 0.25) is 5.91 Å². The van der Waals surface area contributed by atoms with Gasteiger partial charge < -0.3 is 26.4 Å². The number of amides is 1. The van der Waals surface area contributed by atoms with Crippen molar-refractivity contribution >= 4 is 57.2 Å². The average Bonchev–Trinajstić information content (AvgIpc) is 2.87. The molecule has 1 aliphatic heterocycles. The monoisotopic (exact) mass is 395 g/mol. The van der Waals surface area contributed by atoms with Gasteiger partial charge in [0.05, 0.1) is 39.9 Å². The maximum absolute atomic E-state index is 11.1. The van der Waals surface area contributed by atoms with Crippen LogP contribution < -0.4 is 21.7 Å². The summed E-state index contributed by atoms with van der Waals surface area (Å²) >= 11 is 8.08. The number of halogens is 1. The fourth-order valence-electron chi connectivity index (χ4n) is 3.26. The van der Waals surface area contributed by atoms with E-state index in [2.05, 4.69) is 15.2 Å². The molecule has 9 heteroatoms. The molecule has 0 radical (unpaired) electrons. The van der Waals surface area contributed by atoms with Gasteiger partial charge in [-0.2, -0.15) is 0 Å². The molecular formula is C17H22ClN5O2S. The van der Waals surface area contributed by atoms with E-state index in [4.69, 9.17) is 27.8 Å². The van der Waals surface area contributed by atoms with E-state index in [9.17, 15) is 4.79 Å². The van der Waals surface area contributed by atoms with Crippen LogP contribution in [0, 0.1) is 0 Å². The molecule has 2 heterocycles. The first-order valence-electron chi connectivity index (χ1n) is 8.14. The van der Waals surface area contributed by atoms with Gasteiger partial charge in [-0.1, -0.05) is 11.6 Å². The minimum Gasteiger partial charge on any atom is -0.396 e. The predicted molar refractivity (Wildman–Crippen MR) is 109 cm³/mol. The highest BCUT2D eigenvalue weighted by molar-refractivity contribution is 7.99. The molecular weight excluding hydrogens is 374 g/mol. The molecule has 2 aromatic rings. The zero-order valence-corrected chi connectivity index (χ0v) is 16.5. The molecule has 26 heavy (non-hydrogen) atoms. The van der Waals surface area contributed by atoms with Crippen LogP contribution in [-0.4, -0.2) is 37.3 Å². The SMILES string of the molecule is COCc1cc2c3c(c(N)c(Cl)c(N)c3n1)N(C)C2SCCNC(C)=O. The van der Waals surface area contributed by atoms with Gasteiger partial charge in [-0.3, -0.25) is 4.79 Å². The van der Waals surface area contributed by atoms with Crippen LogP contribution in [0.5, 0.6) is 0 Å². The van der Waals surface area contributed by atoms with E-state index in [1.54, 1.807) is 18.9 Å². The molecule has 1 aliphatic rings. The van der Waals surface area contributed by atoms with E-state index in [1.807, 2.05) is 13.1 Å². The highest BCUT2D eigenvalue weighted by Crippen LogP contribution is 2.54. The second kappa shape index (κ2) is 7.38. The quantitative estimate of drug-likeness (QED) is 0.509. The molecule has 3 rings (SSSR count). The third kappa shape index (κ3) is 3.13. The number of rotatable bonds is 6. The zero-order chi connectivity index (χ0) is 19.0. The predicted octanol–water partition coefficient (Wildman–Crippen LogP) is 2.52. The lowest BCUT2D eigenvalue weighted by Gasteiger charge is -2.24. The van der Waals surface area contributed by atoms with Crippen molar-refractivity contribution < 1.29 is 9.53 Å². The van der Waals surface area contributed by atoms with Crippen molar-refractivity contribution in [2.45, 2.75) is 18.9 Å². The second-order valence-corrected chi connectivity index (χ2v) is 7.73. The topological polar surface area (TPSA) is 106 Å². The molecule has 1 aromatic heterocycles. The Hall–Kier alpha value is -1.90. The van der Waals surface area contributed by atoms with Crippen LogP contribution in [0.3, 0.4) is 0 Å². The van der Waals surface area contributed by atoms with Crippen LogP contribution in [0.15, 0.2) is 6.07 Å². The Balaban J connectivity index is 2.06. The lowest BCUT2D eigenvalue weighted by atomic mass is 10.1. The summed E-state index contributed by atoms with van der Waals surface area (Å²) in [6.45, 7) is 2.49. The zero-order valence-electron chi connectivity index (χ0n) is 14.9. The first-order valence-corrected chi connectivity index (χ1v) is 9.57. The summed E-state index contributed by atoms with van der Waals surface area (Å²) in [7, 11) is 3.60. The molecule has 0 bridgehead atoms. The molecule has 0 spiro atoms. The van der Waals surface area contributed by atoms with Crippen LogP contribution >= 0.6 is 23.4 Å². The Bertz CT molecular complexity index is 876. The second-order valence-electron chi connectivity index (χ2n) is 6.17. The number of nitrogens with two attached hydrogens (primary N) is 2. The summed E-state index contributed by atoms with van der Waals surface area (Å²) in [6.07, 6.45) is 0. The van der Waals surface area contributed by atoms with Gasteiger partial charge in [-0.25, -0.2) is 4.98 Å². The Morgan fingerprint density at radius 2 is 2.19 bits per heavy atom. The Morgan fingerprint density at radius 1 is 1.46 bits per heavy atom. The molecule has 0 saturated carbocycles. The number of nitrogens with zero attached hydrogens (tertiary/aromatic N) is 2. The van der Waals surface area contributed by atoms with Gasteiger partial charge in [0.15, 0.2) is 0 Å². The summed E-state index contributed by atoms with van der Waals surface area (Å²) in [5.74, 6) is 0.723. The standard InChI is InChI=1S/C17H22ClN5O2S/c1-8(24)21-4-5-26-17-10-6-9(7-25-3)22-15-11(10)16(23(17)2)14(20)12(18)13(15)19/h6,17H,4-5,7,19-20H2,1-3H3,(H,21,24). The van der Waals surface area contributed by atoms with Gasteiger partial charge in [0, 0.05) is 38.8 Å². The maximum atomic E-state index is 11.1. The molecule has 0 saturated heterocycles. The molecule has 1 amide bonds. The largest absolute Gasteiger partial charge is 0.396 e. The van der Waals surface area contributed by atoms with Gasteiger partial charge >= 0.3 is 0 Å². The first-order chi connectivity index (χ1) is 12.4. The van der Waals surface area contributed by atoms with Crippen molar-refractivity contribution in [2.24, 2.45) is 0 Å². The molecule has 140 valence electrons. The van der Waals surface area contributed by atoms with Crippen molar-refractivity contribution in [2.75, 3.05) is 42.8 Å². The lowest BCUT2D eigenvalue weighted by Crippen LogP contribution is -2.24. The highest BCUT2D eigenvalue weighted by Gasteiger charge is 2.34. The molecule has 1 unspecified atom stereocenters. The minimum absolute atomic E-state index is 0.0278. The number of thioether (sulfide) groups is 1. The third-order valence-electron chi connectivity index (χ3n) is 4.34. The number of hydrogen-bond acceptors (Lipinski definition) is 7. The first kappa shape index (κ1) is 18.9. The van der Waals surface area contributed by atoms with Crippen molar-refractivity contribution in [1.82, 2.24) is 10.3 Å². The normalized spacial score (nSPS) is 15.7. The number of carbonyl (C=O) groups is 1. The number of benzene rings is 1. The number of nitrogens with one attached hydrogen (secondary N) is 1. The number of aromatic nitrogens is 1. The molecule has 0 fully saturated rings. The number of ether oxygens (including phenoxy) is 1. The van der Waals surface area contributed by atoms with E-state index in [-0.39, 0.29) is 11.3 Å². The van der Waals surface area contributed by atoms with E-state index in [1.165, 1.54) is 6.92 Å². The molecule has 5 N–H and O–H groups in total. The van der Waals surface area contributed by atoms with Crippen LogP contribution in [0.25, 0.3) is 10.9 Å². The summed E-state index contributed by atoms with van der Waals surface area (Å²) in [5.41, 5.74) is 16.7. The van der Waals surface area contributed by atoms with Gasteiger partial charge in [-0.05, 0) is 11.6 Å². The van der Waals surface area contributed by atoms with E-state index in [0.29, 0.717) is 35.1 Å². The summed E-state index contributed by atoms with van der Waals surface area (Å²) in [4.78, 5) is 17.8. The fourth-order valence-corrected chi connectivity index (χ4v) is 4.58. The van der Waals surface area contributed by atoms with Gasteiger partial charge in [0.25, 0.3) is 0 Å². The lowest BCUT2D eigenvalue weighted by molar-refractivity contribution is -0.118. The smallest absolute Gasteiger partial charge is 0.216 e. The number of nitrogen functional groups attached to an aromatic ring is 2. The minimum atomic E-state index is -0.0360. The van der Waals surface area contributed by atoms with Crippen LogP contribution in [0.2, 0.25) is 5.02 Å². The number of anilines is 3. The van der Waals surface area contributed by atoms with Crippen molar-refractivity contribution in [1.29, 1.82) is 0 Å². The fraction of sp³-hybridized carbons (Fsp3) is 0.412. The van der Waals surface area contributed by atoms with E-state index < -0.39 is 0 Å². The Kier molecular flexibility index (Phi) is 5.36. The van der Waals surface area contributed by atoms with Crippen LogP contribution in [0.1, 0.15) is 23.6 Å². The summed E-state index contributed by atoms with van der Waals surface area (Å²) in [6, 6.07) is 2.03.